The summed E-state index contributed by atoms with van der Waals surface area (Å²) >= 11 is 0. The molecule has 0 amide bonds. The van der Waals surface area contributed by atoms with Crippen LogP contribution in [0.2, 0.25) is 0 Å². The maximum Gasteiger partial charge on any atom is 0.231 e. The molecule has 118 valence electrons. The number of rotatable bonds is 6. The van der Waals surface area contributed by atoms with Crippen molar-refractivity contribution in [2.75, 3.05) is 42.7 Å². The summed E-state index contributed by atoms with van der Waals surface area (Å²) in [4.78, 5) is 15.2. The molecule has 0 unspecified atom stereocenters. The SMILES string of the molecule is CCNc1nc(NCC2CCC(C)CC2)nc(N(C)C)n1. The fourth-order valence-corrected chi connectivity index (χ4v) is 2.65. The van der Waals surface area contributed by atoms with Gasteiger partial charge < -0.3 is 15.5 Å². The molecule has 0 atom stereocenters. The van der Waals surface area contributed by atoms with Crippen LogP contribution in [0.5, 0.6) is 0 Å². The van der Waals surface area contributed by atoms with Gasteiger partial charge in [-0.25, -0.2) is 0 Å². The Morgan fingerprint density at radius 3 is 2.19 bits per heavy atom. The molecule has 6 heteroatoms. The zero-order valence-corrected chi connectivity index (χ0v) is 13.7. The van der Waals surface area contributed by atoms with E-state index in [-0.39, 0.29) is 0 Å². The minimum atomic E-state index is 0.635. The van der Waals surface area contributed by atoms with E-state index in [4.69, 9.17) is 0 Å². The number of hydrogen-bond donors (Lipinski definition) is 2. The summed E-state index contributed by atoms with van der Waals surface area (Å²) < 4.78 is 0. The van der Waals surface area contributed by atoms with Crippen LogP contribution in [0.1, 0.15) is 39.5 Å². The Morgan fingerprint density at radius 1 is 1.00 bits per heavy atom. The van der Waals surface area contributed by atoms with Gasteiger partial charge in [0.25, 0.3) is 0 Å². The van der Waals surface area contributed by atoms with Crippen molar-refractivity contribution in [3.63, 3.8) is 0 Å². The molecule has 1 aromatic rings. The van der Waals surface area contributed by atoms with Gasteiger partial charge in [-0.15, -0.1) is 0 Å². The molecule has 1 fully saturated rings. The second-order valence-corrected chi connectivity index (χ2v) is 6.21. The van der Waals surface area contributed by atoms with Gasteiger partial charge in [0.2, 0.25) is 17.8 Å². The van der Waals surface area contributed by atoms with E-state index in [1.807, 2.05) is 25.9 Å². The third-order valence-electron chi connectivity index (χ3n) is 4.04. The van der Waals surface area contributed by atoms with Crippen molar-refractivity contribution in [1.82, 2.24) is 15.0 Å². The fraction of sp³-hybridized carbons (Fsp3) is 0.800. The smallest absolute Gasteiger partial charge is 0.231 e. The first kappa shape index (κ1) is 15.8. The highest BCUT2D eigenvalue weighted by Crippen LogP contribution is 2.28. The van der Waals surface area contributed by atoms with E-state index in [1.165, 1.54) is 25.7 Å². The first-order chi connectivity index (χ1) is 10.1. The fourth-order valence-electron chi connectivity index (χ4n) is 2.65. The number of aromatic nitrogens is 3. The first-order valence-corrected chi connectivity index (χ1v) is 7.99. The lowest BCUT2D eigenvalue weighted by atomic mass is 9.83. The molecule has 1 aliphatic carbocycles. The lowest BCUT2D eigenvalue weighted by Crippen LogP contribution is -2.22. The Labute approximate surface area is 127 Å². The largest absolute Gasteiger partial charge is 0.354 e. The van der Waals surface area contributed by atoms with Crippen LogP contribution in [0.4, 0.5) is 17.8 Å². The number of anilines is 3. The molecule has 1 saturated carbocycles. The molecule has 2 N–H and O–H groups in total. The van der Waals surface area contributed by atoms with Crippen molar-refractivity contribution in [3.05, 3.63) is 0 Å². The number of hydrogen-bond acceptors (Lipinski definition) is 6. The van der Waals surface area contributed by atoms with Gasteiger partial charge >= 0.3 is 0 Å². The number of nitrogens with one attached hydrogen (secondary N) is 2. The Morgan fingerprint density at radius 2 is 1.62 bits per heavy atom. The monoisotopic (exact) mass is 292 g/mol. The van der Waals surface area contributed by atoms with E-state index < -0.39 is 0 Å². The van der Waals surface area contributed by atoms with Gasteiger partial charge in [0.15, 0.2) is 0 Å². The van der Waals surface area contributed by atoms with E-state index in [1.54, 1.807) is 0 Å². The quantitative estimate of drug-likeness (QED) is 0.840. The van der Waals surface area contributed by atoms with Gasteiger partial charge in [-0.3, -0.25) is 0 Å². The van der Waals surface area contributed by atoms with E-state index in [2.05, 4.69) is 32.5 Å². The molecule has 6 nitrogen and oxygen atoms in total. The highest BCUT2D eigenvalue weighted by molar-refractivity contribution is 5.42. The summed E-state index contributed by atoms with van der Waals surface area (Å²) in [6.45, 7) is 6.14. The van der Waals surface area contributed by atoms with Gasteiger partial charge in [0, 0.05) is 27.2 Å². The van der Waals surface area contributed by atoms with Crippen LogP contribution in [0.3, 0.4) is 0 Å². The van der Waals surface area contributed by atoms with E-state index in [0.717, 1.165) is 24.9 Å². The maximum atomic E-state index is 4.47. The van der Waals surface area contributed by atoms with Gasteiger partial charge in [0.1, 0.15) is 0 Å². The van der Waals surface area contributed by atoms with Crippen molar-refractivity contribution >= 4 is 17.8 Å². The minimum absolute atomic E-state index is 0.635. The predicted octanol–water partition coefficient (Wildman–Crippen LogP) is 2.61. The molecule has 0 radical (unpaired) electrons. The molecule has 0 spiro atoms. The average molecular weight is 292 g/mol. The highest BCUT2D eigenvalue weighted by Gasteiger charge is 2.18. The van der Waals surface area contributed by atoms with E-state index >= 15 is 0 Å². The molecule has 0 aliphatic heterocycles. The molecule has 0 aromatic carbocycles. The molecular weight excluding hydrogens is 264 g/mol. The van der Waals surface area contributed by atoms with Crippen molar-refractivity contribution < 1.29 is 0 Å². The zero-order chi connectivity index (χ0) is 15.2. The van der Waals surface area contributed by atoms with Crippen LogP contribution in [0.15, 0.2) is 0 Å². The summed E-state index contributed by atoms with van der Waals surface area (Å²) in [7, 11) is 3.88. The molecule has 0 saturated heterocycles. The molecule has 2 rings (SSSR count). The topological polar surface area (TPSA) is 66.0 Å². The summed E-state index contributed by atoms with van der Waals surface area (Å²) in [5.74, 6) is 3.61. The normalized spacial score (nSPS) is 21.9. The van der Waals surface area contributed by atoms with Crippen LogP contribution >= 0.6 is 0 Å². The summed E-state index contributed by atoms with van der Waals surface area (Å²) in [5, 5.41) is 6.55. The van der Waals surface area contributed by atoms with Crippen molar-refractivity contribution in [2.45, 2.75) is 39.5 Å². The second-order valence-electron chi connectivity index (χ2n) is 6.21. The third-order valence-corrected chi connectivity index (χ3v) is 4.04. The van der Waals surface area contributed by atoms with E-state index in [9.17, 15) is 0 Å². The maximum absolute atomic E-state index is 4.47. The highest BCUT2D eigenvalue weighted by atomic mass is 15.3. The zero-order valence-electron chi connectivity index (χ0n) is 13.7. The molecule has 21 heavy (non-hydrogen) atoms. The van der Waals surface area contributed by atoms with Crippen molar-refractivity contribution in [2.24, 2.45) is 11.8 Å². The lowest BCUT2D eigenvalue weighted by Gasteiger charge is -2.26. The predicted molar refractivity (Wildman–Crippen MR) is 87.9 cm³/mol. The molecule has 0 bridgehead atoms. The Hall–Kier alpha value is -1.59. The van der Waals surface area contributed by atoms with Crippen molar-refractivity contribution in [3.8, 4) is 0 Å². The minimum Gasteiger partial charge on any atom is -0.354 e. The molecule has 1 aliphatic rings. The third kappa shape index (κ3) is 4.72. The Kier molecular flexibility index (Phi) is 5.59. The lowest BCUT2D eigenvalue weighted by molar-refractivity contribution is 0.300. The van der Waals surface area contributed by atoms with Gasteiger partial charge in [-0.1, -0.05) is 19.8 Å². The standard InChI is InChI=1S/C15H28N6/c1-5-16-13-18-14(20-15(19-13)21(3)4)17-10-12-8-6-11(2)7-9-12/h11-12H,5-10H2,1-4H3,(H2,16,17,18,19,20). The Balaban J connectivity index is 1.98. The Bertz CT molecular complexity index is 440. The van der Waals surface area contributed by atoms with Crippen LogP contribution in [-0.2, 0) is 0 Å². The number of nitrogens with zero attached hydrogens (tertiary/aromatic N) is 4. The summed E-state index contributed by atoms with van der Waals surface area (Å²) in [6.07, 6.45) is 5.30. The van der Waals surface area contributed by atoms with Gasteiger partial charge in [-0.05, 0) is 31.6 Å². The van der Waals surface area contributed by atoms with E-state index in [0.29, 0.717) is 17.8 Å². The van der Waals surface area contributed by atoms with Crippen LogP contribution in [0, 0.1) is 11.8 Å². The molecular formula is C15H28N6. The van der Waals surface area contributed by atoms with Crippen LogP contribution < -0.4 is 15.5 Å². The van der Waals surface area contributed by atoms with Crippen LogP contribution in [-0.4, -0.2) is 42.1 Å². The molecule has 1 heterocycles. The van der Waals surface area contributed by atoms with Crippen LogP contribution in [0.25, 0.3) is 0 Å². The summed E-state index contributed by atoms with van der Waals surface area (Å²) in [5.41, 5.74) is 0. The average Bonchev–Trinajstić information content (AvgIpc) is 2.47. The molecule has 1 aromatic heterocycles. The first-order valence-electron chi connectivity index (χ1n) is 7.99. The van der Waals surface area contributed by atoms with Crippen molar-refractivity contribution in [1.29, 1.82) is 0 Å². The van der Waals surface area contributed by atoms with Gasteiger partial charge in [-0.2, -0.15) is 15.0 Å². The van der Waals surface area contributed by atoms with Gasteiger partial charge in [0.05, 0.1) is 0 Å². The summed E-state index contributed by atoms with van der Waals surface area (Å²) in [6, 6.07) is 0. The second kappa shape index (κ2) is 7.43.